The lowest BCUT2D eigenvalue weighted by Crippen LogP contribution is -2.70. The fraction of sp³-hybridized carbons (Fsp3) is 0.600. The Hall–Kier alpha value is -3.13. The Morgan fingerprint density at radius 2 is 1.86 bits per heavy atom. The van der Waals surface area contributed by atoms with Gasteiger partial charge in [-0.3, -0.25) is 14.4 Å². The van der Waals surface area contributed by atoms with Crippen molar-refractivity contribution in [2.45, 2.75) is 96.9 Å². The maximum absolute atomic E-state index is 17.6. The number of carbonyl (C=O) groups excluding carboxylic acids is 4. The molecule has 7 nitrogen and oxygen atoms in total. The molecular formula is C35H43FO7. The maximum atomic E-state index is 17.6. The Morgan fingerprint density at radius 1 is 1.14 bits per heavy atom. The number of aliphatic hydroxyl groups is 1. The number of alkyl halides is 1. The second-order valence-corrected chi connectivity index (χ2v) is 13.5. The highest BCUT2D eigenvalue weighted by atomic mass is 19.1. The molecule has 4 aliphatic carbocycles. The van der Waals surface area contributed by atoms with Gasteiger partial charge in [-0.05, 0) is 75.7 Å². The van der Waals surface area contributed by atoms with Crippen molar-refractivity contribution in [3.8, 4) is 0 Å². The van der Waals surface area contributed by atoms with Crippen molar-refractivity contribution < 1.29 is 38.1 Å². The van der Waals surface area contributed by atoms with Crippen LogP contribution in [-0.2, 0) is 23.9 Å². The lowest BCUT2D eigenvalue weighted by Gasteiger charge is -2.62. The van der Waals surface area contributed by atoms with Crippen LogP contribution in [0.25, 0.3) is 0 Å². The Morgan fingerprint density at radius 3 is 2.56 bits per heavy atom. The highest BCUT2D eigenvalue weighted by molar-refractivity contribution is 6.01. The summed E-state index contributed by atoms with van der Waals surface area (Å²) in [6, 6.07) is 6.90. The highest BCUT2D eigenvalue weighted by Crippen LogP contribution is 2.71. The Kier molecular flexibility index (Phi) is 8.08. The molecule has 43 heavy (non-hydrogen) atoms. The summed E-state index contributed by atoms with van der Waals surface area (Å²) < 4.78 is 29.4. The van der Waals surface area contributed by atoms with Crippen molar-refractivity contribution in [1.82, 2.24) is 0 Å². The molecule has 1 aromatic carbocycles. The summed E-state index contributed by atoms with van der Waals surface area (Å²) >= 11 is 0. The zero-order chi connectivity index (χ0) is 31.4. The molecule has 0 aliphatic heterocycles. The van der Waals surface area contributed by atoms with Crippen LogP contribution in [0.2, 0.25) is 0 Å². The van der Waals surface area contributed by atoms with Gasteiger partial charge in [0.25, 0.3) is 0 Å². The van der Waals surface area contributed by atoms with Gasteiger partial charge >= 0.3 is 11.9 Å². The average molecular weight is 595 g/mol. The number of Topliss-reactive ketones (excluding diaryl/α,β-unsaturated/α-hetero) is 1. The first-order chi connectivity index (χ1) is 20.3. The minimum Gasteiger partial charge on any atom is -0.454 e. The summed E-state index contributed by atoms with van der Waals surface area (Å²) in [5.41, 5.74) is -4.39. The Labute approximate surface area is 252 Å². The third kappa shape index (κ3) is 4.54. The normalized spacial score (nSPS) is 37.9. The summed E-state index contributed by atoms with van der Waals surface area (Å²) in [7, 11) is 0. The average Bonchev–Trinajstić information content (AvgIpc) is 3.18. The van der Waals surface area contributed by atoms with Crippen molar-refractivity contribution in [3.63, 3.8) is 0 Å². The van der Waals surface area contributed by atoms with Crippen LogP contribution < -0.4 is 0 Å². The van der Waals surface area contributed by atoms with Crippen molar-refractivity contribution in [2.24, 2.45) is 28.6 Å². The van der Waals surface area contributed by atoms with Gasteiger partial charge in [-0.1, -0.05) is 57.0 Å². The van der Waals surface area contributed by atoms with E-state index < -0.39 is 70.3 Å². The first-order valence-electron chi connectivity index (χ1n) is 15.5. The summed E-state index contributed by atoms with van der Waals surface area (Å²) in [6.07, 6.45) is 5.56. The molecule has 5 rings (SSSR count). The van der Waals surface area contributed by atoms with Crippen LogP contribution in [0.5, 0.6) is 0 Å². The van der Waals surface area contributed by atoms with Crippen LogP contribution in [-0.4, -0.2) is 52.6 Å². The van der Waals surface area contributed by atoms with E-state index in [1.165, 1.54) is 12.2 Å². The lowest BCUT2D eigenvalue weighted by molar-refractivity contribution is -0.228. The van der Waals surface area contributed by atoms with Gasteiger partial charge in [-0.15, -0.1) is 0 Å². The predicted octanol–water partition coefficient (Wildman–Crippen LogP) is 5.81. The van der Waals surface area contributed by atoms with Crippen LogP contribution >= 0.6 is 0 Å². The van der Waals surface area contributed by atoms with Crippen LogP contribution in [0.4, 0.5) is 4.39 Å². The van der Waals surface area contributed by atoms with E-state index in [9.17, 15) is 24.3 Å². The van der Waals surface area contributed by atoms with Gasteiger partial charge in [0, 0.05) is 29.1 Å². The fourth-order valence-corrected chi connectivity index (χ4v) is 9.07. The smallest absolute Gasteiger partial charge is 0.338 e. The van der Waals surface area contributed by atoms with E-state index in [4.69, 9.17) is 9.47 Å². The van der Waals surface area contributed by atoms with E-state index in [2.05, 4.69) is 0 Å². The Bertz CT molecular complexity index is 1400. The van der Waals surface area contributed by atoms with Gasteiger partial charge in [0.15, 0.2) is 23.7 Å². The predicted molar refractivity (Wildman–Crippen MR) is 158 cm³/mol. The van der Waals surface area contributed by atoms with E-state index in [1.807, 2.05) is 20.8 Å². The molecule has 0 amide bonds. The van der Waals surface area contributed by atoms with E-state index >= 15 is 4.39 Å². The minimum absolute atomic E-state index is 0.117. The molecule has 8 heteroatoms. The molecule has 0 radical (unpaired) electrons. The summed E-state index contributed by atoms with van der Waals surface area (Å²) in [5, 5.41) is 11.8. The van der Waals surface area contributed by atoms with Gasteiger partial charge in [0.1, 0.15) is 0 Å². The van der Waals surface area contributed by atoms with Gasteiger partial charge in [-0.25, -0.2) is 9.18 Å². The van der Waals surface area contributed by atoms with E-state index in [-0.39, 0.29) is 18.6 Å². The van der Waals surface area contributed by atoms with Crippen molar-refractivity contribution >= 4 is 23.5 Å². The number of rotatable bonds is 8. The van der Waals surface area contributed by atoms with Crippen molar-refractivity contribution in [2.75, 3.05) is 6.61 Å². The number of esters is 2. The summed E-state index contributed by atoms with van der Waals surface area (Å²) in [6.45, 7) is 8.51. The zero-order valence-electron chi connectivity index (χ0n) is 25.8. The topological polar surface area (TPSA) is 107 Å². The first kappa shape index (κ1) is 31.3. The van der Waals surface area contributed by atoms with Gasteiger partial charge in [0.2, 0.25) is 5.78 Å². The number of halogens is 1. The lowest BCUT2D eigenvalue weighted by atomic mass is 9.44. The zero-order valence-corrected chi connectivity index (χ0v) is 25.8. The number of ketones is 2. The van der Waals surface area contributed by atoms with Gasteiger partial charge < -0.3 is 14.6 Å². The van der Waals surface area contributed by atoms with Crippen LogP contribution in [0.1, 0.15) is 88.6 Å². The third-order valence-corrected chi connectivity index (χ3v) is 11.3. The summed E-state index contributed by atoms with van der Waals surface area (Å²) in [4.78, 5) is 52.8. The molecule has 3 fully saturated rings. The van der Waals surface area contributed by atoms with Crippen LogP contribution in [0.15, 0.2) is 48.1 Å². The molecule has 1 unspecified atom stereocenters. The fourth-order valence-electron chi connectivity index (χ4n) is 9.07. The number of unbranched alkanes of at least 4 members (excludes halogenated alkanes) is 1. The van der Waals surface area contributed by atoms with Gasteiger partial charge in [0.05, 0.1) is 11.7 Å². The standard InChI is InChI=1S/C35H43FO7/c1-6-7-12-30(40)43-35(29(39)20-42-31(41)25-11-9-8-10-21(25)2)22(3)17-27-26-14-13-23-18-24(37)15-16-32(23,4)34(26,36)28(38)19-33(27,35)5/h8-11,15-16,18,22,26-28,38H,6-7,12-14,17,19-20H2,1-5H3/t22-,26?,27-,28-,32-,33-,34-,35-/m0/s1. The van der Waals surface area contributed by atoms with Gasteiger partial charge in [-0.2, -0.15) is 0 Å². The molecule has 0 bridgehead atoms. The summed E-state index contributed by atoms with van der Waals surface area (Å²) in [5.74, 6) is -3.51. The van der Waals surface area contributed by atoms with Crippen molar-refractivity contribution in [3.05, 3.63) is 59.2 Å². The number of allylic oxidation sites excluding steroid dienone is 4. The molecule has 3 saturated carbocycles. The number of fused-ring (bicyclic) bond motifs is 5. The first-order valence-corrected chi connectivity index (χ1v) is 15.5. The van der Waals surface area contributed by atoms with E-state index in [0.717, 1.165) is 6.42 Å². The molecule has 0 spiro atoms. The maximum Gasteiger partial charge on any atom is 0.338 e. The van der Waals surface area contributed by atoms with E-state index in [1.54, 1.807) is 44.2 Å². The molecule has 0 heterocycles. The molecular weight excluding hydrogens is 551 g/mol. The molecule has 1 N–H and O–H groups in total. The molecule has 8 atom stereocenters. The number of hydrogen-bond acceptors (Lipinski definition) is 7. The minimum atomic E-state index is -2.08. The number of ether oxygens (including phenoxy) is 2. The Balaban J connectivity index is 1.53. The highest BCUT2D eigenvalue weighted by Gasteiger charge is 2.77. The number of hydrogen-bond donors (Lipinski definition) is 1. The third-order valence-electron chi connectivity index (χ3n) is 11.3. The largest absolute Gasteiger partial charge is 0.454 e. The van der Waals surface area contributed by atoms with Crippen molar-refractivity contribution in [1.29, 1.82) is 0 Å². The number of aryl methyl sites for hydroxylation is 1. The second-order valence-electron chi connectivity index (χ2n) is 13.5. The van der Waals surface area contributed by atoms with Crippen LogP contribution in [0.3, 0.4) is 0 Å². The molecule has 4 aliphatic rings. The quantitative estimate of drug-likeness (QED) is 0.379. The number of benzene rings is 1. The molecule has 232 valence electrons. The molecule has 1 aromatic rings. The number of aliphatic hydroxyl groups excluding tert-OH is 1. The molecule has 0 saturated heterocycles. The van der Waals surface area contributed by atoms with Crippen LogP contribution in [0, 0.1) is 35.5 Å². The van der Waals surface area contributed by atoms with E-state index in [0.29, 0.717) is 42.4 Å². The monoisotopic (exact) mass is 594 g/mol. The SMILES string of the molecule is CCCCC(=O)O[C@]1(C(=O)COC(=O)c2ccccc2C)[C@@H](C)C[C@H]2C3CCC4=CC(=O)C=C[C@]4(C)[C@@]3(F)[C@@H](O)C[C@@]21C. The number of carbonyl (C=O) groups is 4. The second kappa shape index (κ2) is 11.1. The molecule has 0 aromatic heterocycles.